The van der Waals surface area contributed by atoms with Crippen LogP contribution in [-0.4, -0.2) is 28.8 Å². The fourth-order valence-corrected chi connectivity index (χ4v) is 3.12. The summed E-state index contributed by atoms with van der Waals surface area (Å²) in [5.74, 6) is -0.556. The monoisotopic (exact) mass is 265 g/mol. The van der Waals surface area contributed by atoms with E-state index in [-0.39, 0.29) is 11.8 Å². The lowest BCUT2D eigenvalue weighted by Crippen LogP contribution is -2.41. The third-order valence-electron chi connectivity index (χ3n) is 3.00. The largest absolute Gasteiger partial charge is 0.480 e. The summed E-state index contributed by atoms with van der Waals surface area (Å²) in [5.41, 5.74) is 1.00. The fourth-order valence-electron chi connectivity index (χ4n) is 1.99. The van der Waals surface area contributed by atoms with Crippen molar-refractivity contribution >= 4 is 23.6 Å². The maximum absolute atomic E-state index is 12.1. The first-order chi connectivity index (χ1) is 8.59. The predicted octanol–water partition coefficient (Wildman–Crippen LogP) is 1.86. The van der Waals surface area contributed by atoms with E-state index in [1.54, 1.807) is 11.8 Å². The highest BCUT2D eigenvalue weighted by Gasteiger charge is 2.28. The summed E-state index contributed by atoms with van der Waals surface area (Å²) in [5, 5.41) is 11.3. The molecule has 0 bridgehead atoms. The maximum Gasteiger partial charge on any atom is 0.325 e. The number of hydrogen-bond donors (Lipinski definition) is 2. The molecule has 2 atom stereocenters. The van der Waals surface area contributed by atoms with E-state index in [2.05, 4.69) is 5.32 Å². The van der Waals surface area contributed by atoms with Crippen LogP contribution in [0.4, 0.5) is 0 Å². The van der Waals surface area contributed by atoms with Gasteiger partial charge in [-0.25, -0.2) is 0 Å². The van der Waals surface area contributed by atoms with Crippen LogP contribution in [0, 0.1) is 0 Å². The zero-order valence-electron chi connectivity index (χ0n) is 10.1. The van der Waals surface area contributed by atoms with Crippen LogP contribution >= 0.6 is 11.8 Å². The highest BCUT2D eigenvalue weighted by molar-refractivity contribution is 7.99. The fraction of sp³-hybridized carbons (Fsp3) is 0.385. The molecule has 18 heavy (non-hydrogen) atoms. The molecule has 0 fully saturated rings. The minimum absolute atomic E-state index is 0.197. The van der Waals surface area contributed by atoms with Crippen LogP contribution in [0.3, 0.4) is 0 Å². The molecule has 1 amide bonds. The average molecular weight is 265 g/mol. The van der Waals surface area contributed by atoms with E-state index in [4.69, 9.17) is 5.11 Å². The number of carbonyl (C=O) groups excluding carboxylic acids is 1. The first-order valence-electron chi connectivity index (χ1n) is 5.84. The maximum atomic E-state index is 12.1. The quantitative estimate of drug-likeness (QED) is 0.875. The molecule has 1 unspecified atom stereocenters. The van der Waals surface area contributed by atoms with Crippen LogP contribution in [-0.2, 0) is 9.59 Å². The third kappa shape index (κ3) is 2.67. The molecule has 2 N–H and O–H groups in total. The zero-order chi connectivity index (χ0) is 13.1. The van der Waals surface area contributed by atoms with Gasteiger partial charge in [-0.3, -0.25) is 9.59 Å². The van der Waals surface area contributed by atoms with Crippen molar-refractivity contribution in [2.75, 3.05) is 5.75 Å². The summed E-state index contributed by atoms with van der Waals surface area (Å²) < 4.78 is 0. The van der Waals surface area contributed by atoms with Crippen molar-refractivity contribution in [3.8, 4) is 0 Å². The highest BCUT2D eigenvalue weighted by atomic mass is 32.2. The molecular weight excluding hydrogens is 250 g/mol. The first-order valence-corrected chi connectivity index (χ1v) is 6.83. The van der Waals surface area contributed by atoms with Crippen LogP contribution < -0.4 is 5.32 Å². The third-order valence-corrected chi connectivity index (χ3v) is 4.13. The van der Waals surface area contributed by atoms with Gasteiger partial charge in [0.1, 0.15) is 6.04 Å². The smallest absolute Gasteiger partial charge is 0.325 e. The second-order valence-corrected chi connectivity index (χ2v) is 5.43. The SMILES string of the molecule is C[C@@H](NC(=O)C1CCSc2ccccc21)C(=O)O. The van der Waals surface area contributed by atoms with Crippen molar-refractivity contribution in [1.29, 1.82) is 0 Å². The number of amides is 1. The number of carbonyl (C=O) groups is 2. The molecule has 5 heteroatoms. The molecule has 0 saturated carbocycles. The molecule has 1 heterocycles. The Balaban J connectivity index is 2.15. The highest BCUT2D eigenvalue weighted by Crippen LogP contribution is 2.37. The number of rotatable bonds is 3. The minimum atomic E-state index is -1.01. The molecule has 0 radical (unpaired) electrons. The lowest BCUT2D eigenvalue weighted by molar-refractivity contribution is -0.141. The Bertz CT molecular complexity index is 475. The van der Waals surface area contributed by atoms with Crippen molar-refractivity contribution in [3.05, 3.63) is 29.8 Å². The lowest BCUT2D eigenvalue weighted by atomic mass is 9.94. The van der Waals surface area contributed by atoms with Crippen LogP contribution in [0.1, 0.15) is 24.8 Å². The Labute approximate surface area is 110 Å². The van der Waals surface area contributed by atoms with Gasteiger partial charge in [-0.1, -0.05) is 18.2 Å². The van der Waals surface area contributed by atoms with E-state index in [1.165, 1.54) is 6.92 Å². The molecule has 96 valence electrons. The van der Waals surface area contributed by atoms with Gasteiger partial charge in [-0.15, -0.1) is 11.8 Å². The summed E-state index contributed by atoms with van der Waals surface area (Å²) in [7, 11) is 0. The van der Waals surface area contributed by atoms with Crippen molar-refractivity contribution in [1.82, 2.24) is 5.32 Å². The molecule has 1 aromatic carbocycles. The van der Waals surface area contributed by atoms with Crippen LogP contribution in [0.15, 0.2) is 29.2 Å². The number of nitrogens with one attached hydrogen (secondary N) is 1. The van der Waals surface area contributed by atoms with Crippen molar-refractivity contribution in [2.24, 2.45) is 0 Å². The summed E-state index contributed by atoms with van der Waals surface area (Å²) in [6.45, 7) is 1.48. The van der Waals surface area contributed by atoms with Crippen LogP contribution in [0.5, 0.6) is 0 Å². The second kappa shape index (κ2) is 5.44. The van der Waals surface area contributed by atoms with E-state index >= 15 is 0 Å². The Morgan fingerprint density at radius 2 is 2.17 bits per heavy atom. The van der Waals surface area contributed by atoms with Gasteiger partial charge in [0.25, 0.3) is 0 Å². The normalized spacial score (nSPS) is 19.7. The molecule has 0 spiro atoms. The predicted molar refractivity (Wildman–Crippen MR) is 69.8 cm³/mol. The number of thioether (sulfide) groups is 1. The topological polar surface area (TPSA) is 66.4 Å². The van der Waals surface area contributed by atoms with E-state index in [0.717, 1.165) is 22.6 Å². The number of fused-ring (bicyclic) bond motifs is 1. The van der Waals surface area contributed by atoms with E-state index in [1.807, 2.05) is 24.3 Å². The summed E-state index contributed by atoms with van der Waals surface area (Å²) in [4.78, 5) is 24.0. The second-order valence-electron chi connectivity index (χ2n) is 4.30. The van der Waals surface area contributed by atoms with Gasteiger partial charge in [-0.05, 0) is 30.7 Å². The Kier molecular flexibility index (Phi) is 3.91. The zero-order valence-corrected chi connectivity index (χ0v) is 10.9. The molecule has 4 nitrogen and oxygen atoms in total. The van der Waals surface area contributed by atoms with Gasteiger partial charge in [-0.2, -0.15) is 0 Å². The van der Waals surface area contributed by atoms with Crippen molar-refractivity contribution in [3.63, 3.8) is 0 Å². The number of benzene rings is 1. The van der Waals surface area contributed by atoms with Crippen molar-refractivity contribution in [2.45, 2.75) is 30.2 Å². The van der Waals surface area contributed by atoms with Gasteiger partial charge in [0.15, 0.2) is 0 Å². The molecule has 2 rings (SSSR count). The first kappa shape index (κ1) is 13.0. The van der Waals surface area contributed by atoms with Gasteiger partial charge in [0, 0.05) is 4.90 Å². The summed E-state index contributed by atoms with van der Waals surface area (Å²) in [6, 6.07) is 6.95. The molecule has 0 aliphatic carbocycles. The molecule has 1 aliphatic rings. The molecule has 0 saturated heterocycles. The minimum Gasteiger partial charge on any atom is -0.480 e. The number of carboxylic acid groups (broad SMARTS) is 1. The number of carboxylic acids is 1. The molecular formula is C13H15NO3S. The van der Waals surface area contributed by atoms with Crippen LogP contribution in [0.25, 0.3) is 0 Å². The van der Waals surface area contributed by atoms with E-state index < -0.39 is 12.0 Å². The van der Waals surface area contributed by atoms with Gasteiger partial charge < -0.3 is 10.4 Å². The molecule has 1 aliphatic heterocycles. The van der Waals surface area contributed by atoms with E-state index in [0.29, 0.717) is 0 Å². The van der Waals surface area contributed by atoms with Gasteiger partial charge >= 0.3 is 5.97 Å². The van der Waals surface area contributed by atoms with Gasteiger partial charge in [0.05, 0.1) is 5.92 Å². The number of hydrogen-bond acceptors (Lipinski definition) is 3. The van der Waals surface area contributed by atoms with Crippen LogP contribution in [0.2, 0.25) is 0 Å². The standard InChI is InChI=1S/C13H15NO3S/c1-8(13(16)17)14-12(15)10-6-7-18-11-5-3-2-4-9(10)11/h2-5,8,10H,6-7H2,1H3,(H,14,15)(H,16,17)/t8-,10?/m1/s1. The Morgan fingerprint density at radius 1 is 1.44 bits per heavy atom. The van der Waals surface area contributed by atoms with Crippen molar-refractivity contribution < 1.29 is 14.7 Å². The molecule has 1 aromatic rings. The Hall–Kier alpha value is -1.49. The summed E-state index contributed by atoms with van der Waals surface area (Å²) >= 11 is 1.74. The Morgan fingerprint density at radius 3 is 2.89 bits per heavy atom. The van der Waals surface area contributed by atoms with Gasteiger partial charge in [0.2, 0.25) is 5.91 Å². The molecule has 0 aromatic heterocycles. The number of aliphatic carboxylic acids is 1. The lowest BCUT2D eigenvalue weighted by Gasteiger charge is -2.24. The summed E-state index contributed by atoms with van der Waals surface area (Å²) in [6.07, 6.45) is 0.750. The van der Waals surface area contributed by atoms with E-state index in [9.17, 15) is 9.59 Å². The average Bonchev–Trinajstić information content (AvgIpc) is 2.37.